The number of hydrogen-bond donors (Lipinski definition) is 0. The Labute approximate surface area is 137 Å². The first-order valence-electron chi connectivity index (χ1n) is 7.16. The average Bonchev–Trinajstić information content (AvgIpc) is 2.80. The van der Waals surface area contributed by atoms with Gasteiger partial charge in [0, 0.05) is 21.7 Å². The van der Waals surface area contributed by atoms with Crippen LogP contribution >= 0.6 is 11.6 Å². The summed E-state index contributed by atoms with van der Waals surface area (Å²) in [5, 5.41) is 0.609. The van der Waals surface area contributed by atoms with Gasteiger partial charge < -0.3 is 4.74 Å². The maximum absolute atomic E-state index is 12.4. The fraction of sp³-hybridized carbons (Fsp3) is 0.0526. The van der Waals surface area contributed by atoms with E-state index in [-0.39, 0.29) is 17.1 Å². The van der Waals surface area contributed by atoms with Crippen molar-refractivity contribution in [2.75, 3.05) is 6.61 Å². The topological polar surface area (TPSA) is 43.4 Å². The third kappa shape index (κ3) is 2.30. The van der Waals surface area contributed by atoms with Crippen LogP contribution < -0.4 is 4.74 Å². The van der Waals surface area contributed by atoms with E-state index in [4.69, 9.17) is 16.3 Å². The number of carbonyl (C=O) groups is 2. The molecular formula is C19H11ClO3. The van der Waals surface area contributed by atoms with Gasteiger partial charge in [-0.3, -0.25) is 9.59 Å². The van der Waals surface area contributed by atoms with Crippen molar-refractivity contribution in [3.8, 4) is 5.75 Å². The number of ketones is 2. The molecule has 0 saturated carbocycles. The molecule has 1 aliphatic heterocycles. The number of halogens is 1. The van der Waals surface area contributed by atoms with Gasteiger partial charge in [0.05, 0.1) is 5.57 Å². The lowest BCUT2D eigenvalue weighted by atomic mass is 10.0. The summed E-state index contributed by atoms with van der Waals surface area (Å²) in [6, 6.07) is 12.2. The number of hydrogen-bond acceptors (Lipinski definition) is 3. The summed E-state index contributed by atoms with van der Waals surface area (Å²) in [6.07, 6.45) is 3.51. The molecule has 1 aliphatic carbocycles. The number of carbonyl (C=O) groups excluding carboxylic acids is 2. The molecule has 0 spiro atoms. The quantitative estimate of drug-likeness (QED) is 0.586. The van der Waals surface area contributed by atoms with Crippen LogP contribution in [0.4, 0.5) is 0 Å². The predicted octanol–water partition coefficient (Wildman–Crippen LogP) is 4.12. The lowest BCUT2D eigenvalue weighted by Gasteiger charge is -2.16. The first-order valence-corrected chi connectivity index (χ1v) is 7.54. The SMILES string of the molecule is O=C1C(=CC2=Cc3cc(Cl)ccc3OC2)C(=O)c2ccccc21. The number of benzene rings is 2. The van der Waals surface area contributed by atoms with Gasteiger partial charge in [0.1, 0.15) is 12.4 Å². The number of rotatable bonds is 1. The Hall–Kier alpha value is -2.65. The highest BCUT2D eigenvalue weighted by molar-refractivity contribution is 6.39. The van der Waals surface area contributed by atoms with Gasteiger partial charge in [-0.1, -0.05) is 35.9 Å². The Morgan fingerprint density at radius 1 is 1.00 bits per heavy atom. The minimum atomic E-state index is -0.233. The van der Waals surface area contributed by atoms with E-state index in [1.54, 1.807) is 48.5 Å². The largest absolute Gasteiger partial charge is 0.488 e. The summed E-state index contributed by atoms with van der Waals surface area (Å²) < 4.78 is 5.65. The number of Topliss-reactive ketones (excluding diaryl/α,β-unsaturated/α-hetero) is 2. The average molecular weight is 323 g/mol. The fourth-order valence-electron chi connectivity index (χ4n) is 2.84. The summed E-state index contributed by atoms with van der Waals surface area (Å²) in [5.41, 5.74) is 2.72. The number of fused-ring (bicyclic) bond motifs is 2. The van der Waals surface area contributed by atoms with Crippen LogP contribution in [-0.4, -0.2) is 18.2 Å². The molecule has 0 saturated heterocycles. The highest BCUT2D eigenvalue weighted by Crippen LogP contribution is 2.32. The van der Waals surface area contributed by atoms with Crippen molar-refractivity contribution in [1.29, 1.82) is 0 Å². The summed E-state index contributed by atoms with van der Waals surface area (Å²) in [4.78, 5) is 24.8. The van der Waals surface area contributed by atoms with E-state index in [1.165, 1.54) is 0 Å². The first-order chi connectivity index (χ1) is 11.1. The Morgan fingerprint density at radius 3 is 2.39 bits per heavy atom. The molecule has 0 atom stereocenters. The minimum absolute atomic E-state index is 0.187. The zero-order valence-electron chi connectivity index (χ0n) is 12.0. The van der Waals surface area contributed by atoms with Crippen molar-refractivity contribution in [3.63, 3.8) is 0 Å². The number of allylic oxidation sites excluding steroid dienone is 1. The third-order valence-electron chi connectivity index (χ3n) is 3.94. The number of ether oxygens (including phenoxy) is 1. The zero-order chi connectivity index (χ0) is 16.0. The molecule has 112 valence electrons. The van der Waals surface area contributed by atoms with E-state index in [0.717, 1.165) is 16.9 Å². The molecule has 4 rings (SSSR count). The van der Waals surface area contributed by atoms with E-state index in [2.05, 4.69) is 0 Å². The molecule has 2 aromatic carbocycles. The van der Waals surface area contributed by atoms with Crippen molar-refractivity contribution in [3.05, 3.63) is 81.4 Å². The normalized spacial score (nSPS) is 15.7. The van der Waals surface area contributed by atoms with Crippen molar-refractivity contribution < 1.29 is 14.3 Å². The molecule has 3 nitrogen and oxygen atoms in total. The Kier molecular flexibility index (Phi) is 3.17. The molecule has 0 fully saturated rings. The standard InChI is InChI=1S/C19H11ClO3/c20-13-5-6-17-12(9-13)7-11(10-23-17)8-16-18(21)14-3-1-2-4-15(14)19(16)22/h1-9H,10H2. The lowest BCUT2D eigenvalue weighted by Crippen LogP contribution is -2.08. The second-order valence-electron chi connectivity index (χ2n) is 5.45. The monoisotopic (exact) mass is 322 g/mol. The van der Waals surface area contributed by atoms with Crippen LogP contribution in [0.5, 0.6) is 5.75 Å². The van der Waals surface area contributed by atoms with Crippen LogP contribution in [-0.2, 0) is 0 Å². The molecule has 0 N–H and O–H groups in total. The minimum Gasteiger partial charge on any atom is -0.488 e. The molecule has 0 aromatic heterocycles. The van der Waals surface area contributed by atoms with Gasteiger partial charge in [0.2, 0.25) is 0 Å². The molecule has 0 radical (unpaired) electrons. The molecule has 2 aromatic rings. The maximum Gasteiger partial charge on any atom is 0.197 e. The van der Waals surface area contributed by atoms with Gasteiger partial charge in [-0.15, -0.1) is 0 Å². The molecule has 2 aliphatic rings. The smallest absolute Gasteiger partial charge is 0.197 e. The molecule has 1 heterocycles. The zero-order valence-corrected chi connectivity index (χ0v) is 12.8. The van der Waals surface area contributed by atoms with Gasteiger partial charge in [-0.2, -0.15) is 0 Å². The van der Waals surface area contributed by atoms with Crippen LogP contribution in [0.3, 0.4) is 0 Å². The predicted molar refractivity (Wildman–Crippen MR) is 88.1 cm³/mol. The first kappa shape index (κ1) is 14.0. The lowest BCUT2D eigenvalue weighted by molar-refractivity contribution is 0.0988. The Bertz CT molecular complexity index is 885. The second-order valence-corrected chi connectivity index (χ2v) is 5.89. The highest BCUT2D eigenvalue weighted by atomic mass is 35.5. The van der Waals surface area contributed by atoms with E-state index in [9.17, 15) is 9.59 Å². The third-order valence-corrected chi connectivity index (χ3v) is 4.18. The van der Waals surface area contributed by atoms with Crippen molar-refractivity contribution in [2.45, 2.75) is 0 Å². The summed E-state index contributed by atoms with van der Waals surface area (Å²) in [6.45, 7) is 0.315. The van der Waals surface area contributed by atoms with Crippen LogP contribution in [0, 0.1) is 0 Å². The van der Waals surface area contributed by atoms with E-state index in [1.807, 2.05) is 6.08 Å². The van der Waals surface area contributed by atoms with Crippen molar-refractivity contribution >= 4 is 29.2 Å². The molecule has 0 bridgehead atoms. The van der Waals surface area contributed by atoms with Gasteiger partial charge in [-0.05, 0) is 35.9 Å². The highest BCUT2D eigenvalue weighted by Gasteiger charge is 2.32. The van der Waals surface area contributed by atoms with Gasteiger partial charge in [0.15, 0.2) is 11.6 Å². The van der Waals surface area contributed by atoms with Gasteiger partial charge in [0.25, 0.3) is 0 Å². The Balaban J connectivity index is 1.75. The Morgan fingerprint density at radius 2 is 1.70 bits per heavy atom. The summed E-state index contributed by atoms with van der Waals surface area (Å²) in [5.74, 6) is 0.274. The summed E-state index contributed by atoms with van der Waals surface area (Å²) >= 11 is 5.99. The van der Waals surface area contributed by atoms with Gasteiger partial charge in [-0.25, -0.2) is 0 Å². The van der Waals surface area contributed by atoms with Crippen LogP contribution in [0.2, 0.25) is 5.02 Å². The molecule has 0 amide bonds. The molecular weight excluding hydrogens is 312 g/mol. The van der Waals surface area contributed by atoms with Crippen LogP contribution in [0.1, 0.15) is 26.3 Å². The van der Waals surface area contributed by atoms with E-state index >= 15 is 0 Å². The summed E-state index contributed by atoms with van der Waals surface area (Å²) in [7, 11) is 0. The molecule has 23 heavy (non-hydrogen) atoms. The maximum atomic E-state index is 12.4. The molecule has 4 heteroatoms. The van der Waals surface area contributed by atoms with Crippen molar-refractivity contribution in [1.82, 2.24) is 0 Å². The van der Waals surface area contributed by atoms with E-state index in [0.29, 0.717) is 22.8 Å². The molecule has 0 unspecified atom stereocenters. The fourth-order valence-corrected chi connectivity index (χ4v) is 3.02. The van der Waals surface area contributed by atoms with Gasteiger partial charge >= 0.3 is 0 Å². The van der Waals surface area contributed by atoms with Crippen LogP contribution in [0.25, 0.3) is 6.08 Å². The van der Waals surface area contributed by atoms with Crippen molar-refractivity contribution in [2.24, 2.45) is 0 Å². The van der Waals surface area contributed by atoms with Crippen LogP contribution in [0.15, 0.2) is 59.7 Å². The van der Waals surface area contributed by atoms with E-state index < -0.39 is 0 Å². The second kappa shape index (κ2) is 5.21.